The van der Waals surface area contributed by atoms with E-state index >= 15 is 8.78 Å². The topological polar surface area (TPSA) is 78.8 Å². The van der Waals surface area contributed by atoms with Crippen molar-refractivity contribution in [1.82, 2.24) is 30.1 Å². The Hall–Kier alpha value is -2.86. The number of rotatable bonds is 6. The number of anilines is 1. The van der Waals surface area contributed by atoms with Crippen LogP contribution >= 0.6 is 12.2 Å². The Morgan fingerprint density at radius 3 is 2.34 bits per heavy atom. The molecule has 0 saturated carbocycles. The summed E-state index contributed by atoms with van der Waals surface area (Å²) in [6.07, 6.45) is 6.26. The zero-order valence-corrected chi connectivity index (χ0v) is 20.7. The van der Waals surface area contributed by atoms with E-state index in [4.69, 9.17) is 17.0 Å². The fourth-order valence-corrected chi connectivity index (χ4v) is 4.56. The highest BCUT2D eigenvalue weighted by atomic mass is 32.1. The van der Waals surface area contributed by atoms with Gasteiger partial charge in [0.2, 0.25) is 5.91 Å². The summed E-state index contributed by atoms with van der Waals surface area (Å²) in [5, 5.41) is 11.0. The van der Waals surface area contributed by atoms with Crippen LogP contribution < -0.4 is 10.2 Å². The third kappa shape index (κ3) is 6.43. The van der Waals surface area contributed by atoms with Gasteiger partial charge in [0.15, 0.2) is 11.6 Å². The number of nitrogens with one attached hydrogen (secondary N) is 1. The largest absolute Gasteiger partial charge is 0.474 e. The monoisotopic (exact) mass is 507 g/mol. The van der Waals surface area contributed by atoms with Crippen molar-refractivity contribution in [3.63, 3.8) is 0 Å². The molecule has 1 N–H and O–H groups in total. The summed E-state index contributed by atoms with van der Waals surface area (Å²) in [6, 6.07) is 2.47. The van der Waals surface area contributed by atoms with Crippen LogP contribution in [0.1, 0.15) is 31.4 Å². The van der Waals surface area contributed by atoms with Crippen LogP contribution in [0.15, 0.2) is 18.3 Å². The van der Waals surface area contributed by atoms with Gasteiger partial charge in [0.05, 0.1) is 32.1 Å². The molecular formula is C23H31F2N7O2S. The van der Waals surface area contributed by atoms with Crippen molar-refractivity contribution in [3.05, 3.63) is 35.7 Å². The van der Waals surface area contributed by atoms with E-state index in [1.807, 2.05) is 0 Å². The Labute approximate surface area is 209 Å². The molecule has 1 aromatic carbocycles. The molecule has 3 heterocycles. The second-order valence-electron chi connectivity index (χ2n) is 8.82. The van der Waals surface area contributed by atoms with Gasteiger partial charge < -0.3 is 19.9 Å². The molecule has 0 bridgehead atoms. The number of ether oxygens (including phenoxy) is 1. The number of thiocarbonyl (C=S) groups is 1. The lowest BCUT2D eigenvalue weighted by molar-refractivity contribution is -0.132. The molecule has 2 aromatic rings. The summed E-state index contributed by atoms with van der Waals surface area (Å²) >= 11 is 4.91. The van der Waals surface area contributed by atoms with E-state index in [9.17, 15) is 4.79 Å². The molecule has 1 amide bonds. The van der Waals surface area contributed by atoms with Gasteiger partial charge >= 0.3 is 0 Å². The SMILES string of the molecule is COC(=S)NCc1cn(-c2cc(F)c(N3CCN(C(=O)CN4CCCCCC4)CC3)c(F)c2)nn1. The molecule has 0 atom stereocenters. The number of hydrogen-bond donors (Lipinski definition) is 1. The van der Waals surface area contributed by atoms with E-state index in [1.165, 1.54) is 36.8 Å². The molecule has 9 nitrogen and oxygen atoms in total. The van der Waals surface area contributed by atoms with Crippen molar-refractivity contribution >= 4 is 29.0 Å². The number of amides is 1. The van der Waals surface area contributed by atoms with Gasteiger partial charge in [0.25, 0.3) is 5.17 Å². The minimum absolute atomic E-state index is 0.0826. The van der Waals surface area contributed by atoms with Crippen molar-refractivity contribution in [2.45, 2.75) is 32.2 Å². The van der Waals surface area contributed by atoms with Crippen LogP contribution in [0.25, 0.3) is 5.69 Å². The maximum atomic E-state index is 15.0. The first-order valence-electron chi connectivity index (χ1n) is 11.9. The van der Waals surface area contributed by atoms with Gasteiger partial charge in [-0.2, -0.15) is 0 Å². The fourth-order valence-electron chi connectivity index (χ4n) is 4.49. The number of carbonyl (C=O) groups excluding carboxylic acids is 1. The number of benzene rings is 1. The molecule has 2 aliphatic heterocycles. The fraction of sp³-hybridized carbons (Fsp3) is 0.565. The number of piperazine rings is 1. The number of aromatic nitrogens is 3. The zero-order chi connectivity index (χ0) is 24.8. The van der Waals surface area contributed by atoms with Crippen LogP contribution in [-0.2, 0) is 16.1 Å². The predicted octanol–water partition coefficient (Wildman–Crippen LogP) is 2.09. The third-order valence-corrected chi connectivity index (χ3v) is 6.72. The average molecular weight is 508 g/mol. The second kappa shape index (κ2) is 11.7. The Morgan fingerprint density at radius 2 is 1.71 bits per heavy atom. The lowest BCUT2D eigenvalue weighted by Crippen LogP contribution is -2.51. The van der Waals surface area contributed by atoms with Crippen LogP contribution in [0.5, 0.6) is 0 Å². The summed E-state index contributed by atoms with van der Waals surface area (Å²) in [7, 11) is 1.45. The lowest BCUT2D eigenvalue weighted by atomic mass is 10.2. The maximum Gasteiger partial charge on any atom is 0.256 e. The van der Waals surface area contributed by atoms with E-state index in [1.54, 1.807) is 16.0 Å². The van der Waals surface area contributed by atoms with Gasteiger partial charge in [-0.15, -0.1) is 5.10 Å². The summed E-state index contributed by atoms with van der Waals surface area (Å²) in [4.78, 5) is 18.4. The Bertz CT molecular complexity index is 1010. The molecule has 0 radical (unpaired) electrons. The quantitative estimate of drug-likeness (QED) is 0.596. The van der Waals surface area contributed by atoms with Gasteiger partial charge in [0, 0.05) is 38.3 Å². The van der Waals surface area contributed by atoms with Crippen LogP contribution in [0.2, 0.25) is 0 Å². The zero-order valence-electron chi connectivity index (χ0n) is 19.9. The van der Waals surface area contributed by atoms with Crippen LogP contribution in [-0.4, -0.2) is 88.8 Å². The summed E-state index contributed by atoms with van der Waals surface area (Å²) < 4.78 is 36.2. The van der Waals surface area contributed by atoms with Crippen molar-refractivity contribution in [3.8, 4) is 5.69 Å². The first-order valence-corrected chi connectivity index (χ1v) is 12.3. The predicted molar refractivity (Wildman–Crippen MR) is 131 cm³/mol. The van der Waals surface area contributed by atoms with E-state index in [0.717, 1.165) is 25.9 Å². The molecular weight excluding hydrogens is 476 g/mol. The Kier molecular flexibility index (Phi) is 8.45. The van der Waals surface area contributed by atoms with E-state index < -0.39 is 11.6 Å². The van der Waals surface area contributed by atoms with E-state index in [-0.39, 0.29) is 29.0 Å². The van der Waals surface area contributed by atoms with Gasteiger partial charge in [-0.1, -0.05) is 18.1 Å². The summed E-state index contributed by atoms with van der Waals surface area (Å²) in [5.74, 6) is -1.27. The number of carbonyl (C=O) groups is 1. The molecule has 12 heteroatoms. The highest BCUT2D eigenvalue weighted by Crippen LogP contribution is 2.27. The minimum atomic E-state index is -0.680. The van der Waals surface area contributed by atoms with E-state index in [2.05, 4.69) is 20.5 Å². The number of nitrogens with zero attached hydrogens (tertiary/aromatic N) is 6. The standard InChI is InChI=1S/C23H31F2N7O2S/c1-34-23(35)26-14-17-15-32(28-27-17)18-12-19(24)22(20(25)13-18)31-10-8-30(9-11-31)21(33)16-29-6-4-2-3-5-7-29/h12-13,15H,2-11,14,16H2,1H3,(H,26,35). The summed E-state index contributed by atoms with van der Waals surface area (Å²) in [6.45, 7) is 4.24. The van der Waals surface area contributed by atoms with Crippen molar-refractivity contribution in [1.29, 1.82) is 0 Å². The summed E-state index contributed by atoms with van der Waals surface area (Å²) in [5.41, 5.74) is 0.680. The molecule has 35 heavy (non-hydrogen) atoms. The molecule has 0 unspecified atom stereocenters. The first-order chi connectivity index (χ1) is 16.9. The molecule has 4 rings (SSSR count). The molecule has 1 aromatic heterocycles. The Balaban J connectivity index is 1.36. The van der Waals surface area contributed by atoms with Gasteiger partial charge in [0.1, 0.15) is 11.4 Å². The number of halogens is 2. The highest BCUT2D eigenvalue weighted by molar-refractivity contribution is 7.80. The van der Waals surface area contributed by atoms with Gasteiger partial charge in [-0.25, -0.2) is 13.5 Å². The first kappa shape index (κ1) is 25.2. The molecule has 2 saturated heterocycles. The molecule has 2 aliphatic rings. The molecule has 0 spiro atoms. The maximum absolute atomic E-state index is 15.0. The third-order valence-electron chi connectivity index (χ3n) is 6.41. The molecule has 0 aliphatic carbocycles. The van der Waals surface area contributed by atoms with E-state index in [0.29, 0.717) is 38.4 Å². The van der Waals surface area contributed by atoms with Crippen LogP contribution in [0.4, 0.5) is 14.5 Å². The number of likely N-dealkylation sites (tertiary alicyclic amines) is 1. The number of hydrogen-bond acceptors (Lipinski definition) is 7. The second-order valence-corrected chi connectivity index (χ2v) is 9.19. The minimum Gasteiger partial charge on any atom is -0.474 e. The molecule has 2 fully saturated rings. The van der Waals surface area contributed by atoms with Gasteiger partial charge in [-0.05, 0) is 38.1 Å². The number of methoxy groups -OCH3 is 1. The highest BCUT2D eigenvalue weighted by Gasteiger charge is 2.26. The van der Waals surface area contributed by atoms with Crippen molar-refractivity contribution in [2.24, 2.45) is 0 Å². The smallest absolute Gasteiger partial charge is 0.256 e. The van der Waals surface area contributed by atoms with Crippen LogP contribution in [0, 0.1) is 11.6 Å². The van der Waals surface area contributed by atoms with Gasteiger partial charge in [-0.3, -0.25) is 9.69 Å². The normalized spacial score (nSPS) is 17.2. The average Bonchev–Trinajstić information content (AvgIpc) is 3.19. The molecule has 190 valence electrons. The van der Waals surface area contributed by atoms with Crippen molar-refractivity contribution < 1.29 is 18.3 Å². The Morgan fingerprint density at radius 1 is 1.06 bits per heavy atom. The lowest BCUT2D eigenvalue weighted by Gasteiger charge is -2.37. The van der Waals surface area contributed by atoms with Crippen molar-refractivity contribution in [2.75, 3.05) is 57.8 Å². The van der Waals surface area contributed by atoms with Crippen LogP contribution in [0.3, 0.4) is 0 Å².